The van der Waals surface area contributed by atoms with Crippen molar-refractivity contribution in [3.05, 3.63) is 57.0 Å². The van der Waals surface area contributed by atoms with Crippen molar-refractivity contribution < 1.29 is 9.16 Å². The highest BCUT2D eigenvalue weighted by atomic mass is 35.5. The maximum atomic E-state index is 12.7. The first-order valence-corrected chi connectivity index (χ1v) is 14.8. The summed E-state index contributed by atoms with van der Waals surface area (Å²) in [4.78, 5) is 12.7. The van der Waals surface area contributed by atoms with E-state index in [1.807, 2.05) is 20.8 Å². The highest BCUT2D eigenvalue weighted by Crippen LogP contribution is 2.40. The highest BCUT2D eigenvalue weighted by molar-refractivity contribution is 6.74. The highest BCUT2D eigenvalue weighted by Gasteiger charge is 2.39. The average molecular weight is 493 g/mol. The molecule has 0 bridgehead atoms. The van der Waals surface area contributed by atoms with Gasteiger partial charge in [-0.2, -0.15) is 5.10 Å². The molecule has 184 valence electrons. The van der Waals surface area contributed by atoms with Gasteiger partial charge in [-0.15, -0.1) is 0 Å². The van der Waals surface area contributed by atoms with Crippen molar-refractivity contribution >= 4 is 19.9 Å². The second-order valence-electron chi connectivity index (χ2n) is 12.3. The summed E-state index contributed by atoms with van der Waals surface area (Å²) < 4.78 is 14.2. The third-order valence-electron chi connectivity index (χ3n) is 6.30. The Morgan fingerprint density at radius 3 is 2.00 bits per heavy atom. The van der Waals surface area contributed by atoms with Crippen LogP contribution in [0, 0.1) is 0 Å². The lowest BCUT2D eigenvalue weighted by Gasteiger charge is -2.39. The van der Waals surface area contributed by atoms with E-state index >= 15 is 0 Å². The lowest BCUT2D eigenvalue weighted by molar-refractivity contribution is 0.115. The van der Waals surface area contributed by atoms with Gasteiger partial charge in [0.15, 0.2) is 19.1 Å². The van der Waals surface area contributed by atoms with Gasteiger partial charge in [-0.25, -0.2) is 4.68 Å². The molecular weight excluding hydrogens is 452 g/mol. The van der Waals surface area contributed by atoms with Gasteiger partial charge < -0.3 is 9.16 Å². The molecule has 1 atom stereocenters. The minimum Gasteiger partial charge on any atom is -0.487 e. The molecule has 1 heterocycles. The second-order valence-corrected chi connectivity index (χ2v) is 17.4. The summed E-state index contributed by atoms with van der Waals surface area (Å²) in [5.74, 6) is 0.275. The van der Waals surface area contributed by atoms with Crippen molar-refractivity contribution in [1.82, 2.24) is 9.78 Å². The molecule has 0 fully saturated rings. The number of nitrogens with zero attached hydrogens (tertiary/aromatic N) is 2. The topological polar surface area (TPSA) is 53.4 Å². The van der Waals surface area contributed by atoms with Crippen LogP contribution < -0.4 is 10.3 Å². The van der Waals surface area contributed by atoms with E-state index in [0.717, 1.165) is 5.56 Å². The Morgan fingerprint density at radius 2 is 1.55 bits per heavy atom. The molecule has 5 nitrogen and oxygen atoms in total. The molecule has 0 saturated heterocycles. The second kappa shape index (κ2) is 9.55. The van der Waals surface area contributed by atoms with Crippen LogP contribution in [0.4, 0.5) is 0 Å². The fourth-order valence-corrected chi connectivity index (χ4v) is 4.54. The van der Waals surface area contributed by atoms with E-state index in [-0.39, 0.29) is 39.5 Å². The van der Waals surface area contributed by atoms with Crippen LogP contribution in [-0.4, -0.2) is 24.7 Å². The van der Waals surface area contributed by atoms with Crippen LogP contribution in [0.5, 0.6) is 5.75 Å². The standard InChI is InChI=1S/C26H41ClN2O3Si/c1-24(2,3)19-14-12-18(13-15-19)21(32-33(10,11)26(7,8)9)17-31-20-16-28-29(25(4,5)6)23(30)22(20)27/h12-16,21H,17H2,1-11H3. The molecule has 0 aliphatic rings. The molecule has 0 amide bonds. The fourth-order valence-electron chi connectivity index (χ4n) is 3.09. The summed E-state index contributed by atoms with van der Waals surface area (Å²) in [6.45, 7) is 23.6. The van der Waals surface area contributed by atoms with Crippen molar-refractivity contribution in [3.63, 3.8) is 0 Å². The minimum atomic E-state index is -2.09. The first-order chi connectivity index (χ1) is 14.8. The van der Waals surface area contributed by atoms with Gasteiger partial charge in [0.2, 0.25) is 0 Å². The number of halogens is 1. The van der Waals surface area contributed by atoms with E-state index in [2.05, 4.69) is 84.0 Å². The fraction of sp³-hybridized carbons (Fsp3) is 0.615. The van der Waals surface area contributed by atoms with Gasteiger partial charge in [-0.3, -0.25) is 4.79 Å². The van der Waals surface area contributed by atoms with Gasteiger partial charge in [0, 0.05) is 0 Å². The average Bonchev–Trinajstić information content (AvgIpc) is 2.65. The summed E-state index contributed by atoms with van der Waals surface area (Å²) in [6.07, 6.45) is 1.22. The molecule has 0 spiro atoms. The largest absolute Gasteiger partial charge is 0.487 e. The number of aromatic nitrogens is 2. The van der Waals surface area contributed by atoms with Gasteiger partial charge in [0.1, 0.15) is 12.7 Å². The summed E-state index contributed by atoms with van der Waals surface area (Å²) in [5.41, 5.74) is 1.54. The van der Waals surface area contributed by atoms with Crippen molar-refractivity contribution in [3.8, 4) is 5.75 Å². The third kappa shape index (κ3) is 6.71. The predicted octanol–water partition coefficient (Wildman–Crippen LogP) is 7.09. The Morgan fingerprint density at radius 1 is 1.00 bits per heavy atom. The summed E-state index contributed by atoms with van der Waals surface area (Å²) in [5, 5.41) is 4.36. The van der Waals surface area contributed by atoms with Crippen molar-refractivity contribution in [1.29, 1.82) is 0 Å². The molecule has 0 aliphatic carbocycles. The Balaban J connectivity index is 2.37. The number of hydrogen-bond acceptors (Lipinski definition) is 4. The molecule has 2 aromatic rings. The van der Waals surface area contributed by atoms with Crippen LogP contribution in [-0.2, 0) is 15.4 Å². The normalized spacial score (nSPS) is 14.3. The van der Waals surface area contributed by atoms with Gasteiger partial charge in [-0.1, -0.05) is 77.4 Å². The zero-order chi connectivity index (χ0) is 25.4. The van der Waals surface area contributed by atoms with Crippen LogP contribution in [0.15, 0.2) is 35.3 Å². The number of ether oxygens (including phenoxy) is 1. The maximum absolute atomic E-state index is 12.7. The van der Waals surface area contributed by atoms with Gasteiger partial charge in [0.25, 0.3) is 5.56 Å². The van der Waals surface area contributed by atoms with E-state index in [4.69, 9.17) is 20.8 Å². The van der Waals surface area contributed by atoms with Crippen LogP contribution in [0.25, 0.3) is 0 Å². The minimum absolute atomic E-state index is 0.0362. The Kier molecular flexibility index (Phi) is 7.99. The number of hydrogen-bond donors (Lipinski definition) is 0. The van der Waals surface area contributed by atoms with Gasteiger partial charge in [0.05, 0.1) is 11.7 Å². The molecule has 2 rings (SSSR count). The number of rotatable bonds is 6. The molecule has 0 aliphatic heterocycles. The smallest absolute Gasteiger partial charge is 0.289 e. The van der Waals surface area contributed by atoms with Crippen LogP contribution >= 0.6 is 11.6 Å². The molecule has 1 unspecified atom stereocenters. The van der Waals surface area contributed by atoms with E-state index in [0.29, 0.717) is 0 Å². The first-order valence-electron chi connectivity index (χ1n) is 11.5. The molecule has 7 heteroatoms. The predicted molar refractivity (Wildman–Crippen MR) is 140 cm³/mol. The SMILES string of the molecule is CC(C)(C)c1ccc(C(COc2cnn(C(C)(C)C)c(=O)c2Cl)O[Si](C)(C)C(C)(C)C)cc1. The molecule has 0 saturated carbocycles. The zero-order valence-corrected chi connectivity index (χ0v) is 23.9. The molecule has 0 radical (unpaired) electrons. The van der Waals surface area contributed by atoms with Gasteiger partial charge in [-0.05, 0) is 55.4 Å². The number of benzene rings is 1. The van der Waals surface area contributed by atoms with Gasteiger partial charge >= 0.3 is 0 Å². The molecule has 1 aromatic heterocycles. The molecule has 1 aromatic carbocycles. The van der Waals surface area contributed by atoms with Crippen molar-refractivity contribution in [2.75, 3.05) is 6.61 Å². The Bertz CT molecular complexity index is 1010. The Labute approximate surface area is 205 Å². The van der Waals surface area contributed by atoms with Crippen LogP contribution in [0.2, 0.25) is 23.2 Å². The summed E-state index contributed by atoms with van der Waals surface area (Å²) in [7, 11) is -2.09. The summed E-state index contributed by atoms with van der Waals surface area (Å²) >= 11 is 6.38. The van der Waals surface area contributed by atoms with Crippen LogP contribution in [0.3, 0.4) is 0 Å². The molecule has 0 N–H and O–H groups in total. The van der Waals surface area contributed by atoms with E-state index in [1.54, 1.807) is 0 Å². The zero-order valence-electron chi connectivity index (χ0n) is 22.2. The Hall–Kier alpha value is -1.63. The lowest BCUT2D eigenvalue weighted by atomic mass is 9.86. The molecule has 33 heavy (non-hydrogen) atoms. The van der Waals surface area contributed by atoms with Crippen molar-refractivity contribution in [2.24, 2.45) is 0 Å². The molecular formula is C26H41ClN2O3Si. The van der Waals surface area contributed by atoms with E-state index in [9.17, 15) is 4.79 Å². The first kappa shape index (κ1) is 27.6. The lowest BCUT2D eigenvalue weighted by Crippen LogP contribution is -2.42. The van der Waals surface area contributed by atoms with E-state index in [1.165, 1.54) is 16.4 Å². The quantitative estimate of drug-likeness (QED) is 0.404. The van der Waals surface area contributed by atoms with Crippen LogP contribution in [0.1, 0.15) is 79.5 Å². The van der Waals surface area contributed by atoms with Crippen molar-refractivity contribution in [2.45, 2.75) is 97.5 Å². The van der Waals surface area contributed by atoms with E-state index < -0.39 is 13.9 Å². The maximum Gasteiger partial charge on any atom is 0.289 e. The summed E-state index contributed by atoms with van der Waals surface area (Å²) in [6, 6.07) is 8.52. The monoisotopic (exact) mass is 492 g/mol. The third-order valence-corrected chi connectivity index (χ3v) is 11.1.